The highest BCUT2D eigenvalue weighted by Crippen LogP contribution is 2.38. The maximum atomic E-state index is 12.8. The van der Waals surface area contributed by atoms with Crippen LogP contribution in [-0.2, 0) is 11.2 Å². The Morgan fingerprint density at radius 2 is 1.79 bits per heavy atom. The van der Waals surface area contributed by atoms with E-state index in [1.54, 1.807) is 0 Å². The molecule has 2 atom stereocenters. The van der Waals surface area contributed by atoms with E-state index in [0.29, 0.717) is 12.5 Å². The van der Waals surface area contributed by atoms with Crippen molar-refractivity contribution < 1.29 is 9.59 Å². The lowest BCUT2D eigenvalue weighted by atomic mass is 9.75. The lowest BCUT2D eigenvalue weighted by Crippen LogP contribution is -2.51. The third-order valence-corrected chi connectivity index (χ3v) is 8.05. The Bertz CT molecular complexity index is 1010. The summed E-state index contributed by atoms with van der Waals surface area (Å²) in [5.41, 5.74) is 9.24. The van der Waals surface area contributed by atoms with Crippen LogP contribution in [0.2, 0.25) is 0 Å². The molecule has 0 saturated carbocycles. The van der Waals surface area contributed by atoms with Gasteiger partial charge in [-0.1, -0.05) is 19.9 Å². The van der Waals surface area contributed by atoms with Crippen LogP contribution in [0.5, 0.6) is 0 Å². The fourth-order valence-electron chi connectivity index (χ4n) is 6.40. The van der Waals surface area contributed by atoms with Gasteiger partial charge in [0, 0.05) is 31.6 Å². The average Bonchev–Trinajstić information content (AvgIpc) is 3.41. The molecule has 0 spiro atoms. The number of amides is 1. The Hall–Kier alpha value is -2.25. The number of primary amides is 1. The standard InChI is InChI=1S/C26H37N5O2/c1-17-24-22(15-26(2,3)16-23(24)32)31(28-17)19-6-7-20(25(27)33)21(14-19)30-12-8-18(9-13-30)29-10-4-5-11-29/h6-7,14,18,20-21H,4-5,8-13,15-16H2,1-3H3,(H2,27,33). The molecule has 178 valence electrons. The van der Waals surface area contributed by atoms with Gasteiger partial charge >= 0.3 is 0 Å². The second-order valence-electron chi connectivity index (χ2n) is 11.1. The van der Waals surface area contributed by atoms with Crippen LogP contribution in [0.1, 0.15) is 67.7 Å². The molecule has 0 bridgehead atoms. The first kappa shape index (κ1) is 22.5. The highest BCUT2D eigenvalue weighted by Gasteiger charge is 2.38. The molecule has 33 heavy (non-hydrogen) atoms. The van der Waals surface area contributed by atoms with Gasteiger partial charge in [-0.15, -0.1) is 0 Å². The van der Waals surface area contributed by atoms with E-state index in [-0.39, 0.29) is 29.1 Å². The Kier molecular flexibility index (Phi) is 5.81. The number of likely N-dealkylation sites (tertiary alicyclic amines) is 2. The van der Waals surface area contributed by atoms with E-state index >= 15 is 0 Å². The van der Waals surface area contributed by atoms with Gasteiger partial charge in [-0.2, -0.15) is 5.10 Å². The van der Waals surface area contributed by atoms with Crippen LogP contribution in [0.25, 0.3) is 5.70 Å². The summed E-state index contributed by atoms with van der Waals surface area (Å²) >= 11 is 0. The Labute approximate surface area is 196 Å². The number of allylic oxidation sites excluding steroid dienone is 2. The second-order valence-corrected chi connectivity index (χ2v) is 11.1. The minimum Gasteiger partial charge on any atom is -0.369 e. The minimum absolute atomic E-state index is 0.0745. The maximum absolute atomic E-state index is 12.8. The maximum Gasteiger partial charge on any atom is 0.226 e. The first-order chi connectivity index (χ1) is 15.7. The van der Waals surface area contributed by atoms with Crippen molar-refractivity contribution in [3.63, 3.8) is 0 Å². The molecule has 3 heterocycles. The molecule has 0 radical (unpaired) electrons. The Morgan fingerprint density at radius 1 is 1.09 bits per heavy atom. The molecule has 7 heteroatoms. The van der Waals surface area contributed by atoms with Gasteiger partial charge in [-0.3, -0.25) is 14.5 Å². The number of hydrogen-bond acceptors (Lipinski definition) is 5. The summed E-state index contributed by atoms with van der Waals surface area (Å²) in [6, 6.07) is 0.585. The van der Waals surface area contributed by atoms with Crippen LogP contribution < -0.4 is 5.73 Å². The molecule has 2 N–H and O–H groups in total. The topological polar surface area (TPSA) is 84.5 Å². The molecule has 1 aromatic rings. The second kappa shape index (κ2) is 8.51. The van der Waals surface area contributed by atoms with Gasteiger partial charge < -0.3 is 10.6 Å². The number of aromatic nitrogens is 2. The van der Waals surface area contributed by atoms with E-state index in [1.807, 2.05) is 23.8 Å². The van der Waals surface area contributed by atoms with Crippen molar-refractivity contribution >= 4 is 17.4 Å². The summed E-state index contributed by atoms with van der Waals surface area (Å²) in [6.07, 6.45) is 12.3. The summed E-state index contributed by atoms with van der Waals surface area (Å²) in [4.78, 5) is 30.2. The molecule has 2 unspecified atom stereocenters. The van der Waals surface area contributed by atoms with Crippen molar-refractivity contribution in [1.29, 1.82) is 0 Å². The molecule has 7 nitrogen and oxygen atoms in total. The zero-order valence-corrected chi connectivity index (χ0v) is 20.2. The molecule has 2 saturated heterocycles. The molecule has 4 aliphatic rings. The van der Waals surface area contributed by atoms with Crippen LogP contribution in [0.15, 0.2) is 18.2 Å². The average molecular weight is 452 g/mol. The molecule has 0 aromatic carbocycles. The van der Waals surface area contributed by atoms with E-state index in [4.69, 9.17) is 10.8 Å². The van der Waals surface area contributed by atoms with Crippen molar-refractivity contribution in [2.24, 2.45) is 17.1 Å². The van der Waals surface area contributed by atoms with Crippen LogP contribution in [0, 0.1) is 18.3 Å². The van der Waals surface area contributed by atoms with E-state index in [9.17, 15) is 9.59 Å². The van der Waals surface area contributed by atoms with Crippen molar-refractivity contribution in [3.05, 3.63) is 35.2 Å². The fourth-order valence-corrected chi connectivity index (χ4v) is 6.40. The van der Waals surface area contributed by atoms with Crippen LogP contribution in [-0.4, -0.2) is 69.5 Å². The van der Waals surface area contributed by atoms with Crippen molar-refractivity contribution in [3.8, 4) is 0 Å². The van der Waals surface area contributed by atoms with Gasteiger partial charge in [0.2, 0.25) is 5.91 Å². The number of piperidine rings is 1. The lowest BCUT2D eigenvalue weighted by molar-refractivity contribution is -0.122. The molecule has 1 amide bonds. The Balaban J connectivity index is 1.42. The zero-order chi connectivity index (χ0) is 23.3. The quantitative estimate of drug-likeness (QED) is 0.761. The Morgan fingerprint density at radius 3 is 2.45 bits per heavy atom. The van der Waals surface area contributed by atoms with Gasteiger partial charge in [-0.05, 0) is 69.7 Å². The number of ketones is 1. The third kappa shape index (κ3) is 4.21. The molecule has 2 aliphatic carbocycles. The minimum atomic E-state index is -0.345. The summed E-state index contributed by atoms with van der Waals surface area (Å²) in [6.45, 7) is 10.6. The number of nitrogens with zero attached hydrogens (tertiary/aromatic N) is 4. The van der Waals surface area contributed by atoms with E-state index in [1.165, 1.54) is 25.9 Å². The van der Waals surface area contributed by atoms with E-state index in [0.717, 1.165) is 55.0 Å². The molecule has 2 fully saturated rings. The number of carbonyl (C=O) groups excluding carboxylic acids is 2. The predicted octanol–water partition coefficient (Wildman–Crippen LogP) is 2.79. The van der Waals surface area contributed by atoms with Crippen molar-refractivity contribution in [2.45, 2.75) is 71.4 Å². The number of rotatable bonds is 4. The third-order valence-electron chi connectivity index (χ3n) is 8.05. The van der Waals surface area contributed by atoms with Crippen LogP contribution in [0.4, 0.5) is 0 Å². The molecular formula is C26H37N5O2. The van der Waals surface area contributed by atoms with Crippen molar-refractivity contribution in [1.82, 2.24) is 19.6 Å². The largest absolute Gasteiger partial charge is 0.369 e. The summed E-state index contributed by atoms with van der Waals surface area (Å²) < 4.78 is 1.95. The zero-order valence-electron chi connectivity index (χ0n) is 20.2. The highest BCUT2D eigenvalue weighted by atomic mass is 16.1. The summed E-state index contributed by atoms with van der Waals surface area (Å²) in [5.74, 6) is -0.452. The fraction of sp³-hybridized carbons (Fsp3) is 0.654. The van der Waals surface area contributed by atoms with Gasteiger partial charge in [0.05, 0.1) is 28.6 Å². The molecule has 5 rings (SSSR count). The monoisotopic (exact) mass is 451 g/mol. The van der Waals surface area contributed by atoms with Crippen LogP contribution >= 0.6 is 0 Å². The van der Waals surface area contributed by atoms with E-state index < -0.39 is 0 Å². The smallest absolute Gasteiger partial charge is 0.226 e. The summed E-state index contributed by atoms with van der Waals surface area (Å²) in [5, 5.41) is 4.78. The lowest BCUT2D eigenvalue weighted by Gasteiger charge is -2.42. The normalized spacial score (nSPS) is 28.7. The van der Waals surface area contributed by atoms with Gasteiger partial charge in [-0.25, -0.2) is 4.68 Å². The van der Waals surface area contributed by atoms with Crippen LogP contribution in [0.3, 0.4) is 0 Å². The number of carbonyl (C=O) groups is 2. The van der Waals surface area contributed by atoms with Crippen molar-refractivity contribution in [2.75, 3.05) is 26.2 Å². The molecule has 1 aromatic heterocycles. The number of hydrogen-bond donors (Lipinski definition) is 1. The number of aryl methyl sites for hydroxylation is 1. The first-order valence-electron chi connectivity index (χ1n) is 12.5. The first-order valence-corrected chi connectivity index (χ1v) is 12.5. The van der Waals surface area contributed by atoms with Gasteiger partial charge in [0.15, 0.2) is 5.78 Å². The van der Waals surface area contributed by atoms with Gasteiger partial charge in [0.1, 0.15) is 0 Å². The summed E-state index contributed by atoms with van der Waals surface area (Å²) in [7, 11) is 0. The SMILES string of the molecule is Cc1nn(C2=CC(N3CCC(N4CCCC4)CC3)C(C(N)=O)C=C2)c2c1C(=O)CC(C)(C)C2. The predicted molar refractivity (Wildman–Crippen MR) is 129 cm³/mol. The highest BCUT2D eigenvalue weighted by molar-refractivity contribution is 6.00. The molecular weight excluding hydrogens is 414 g/mol. The van der Waals surface area contributed by atoms with E-state index in [2.05, 4.69) is 29.7 Å². The number of nitrogens with two attached hydrogens (primary N) is 1. The number of Topliss-reactive ketones (excluding diaryl/α,β-unsaturated/α-hetero) is 1. The number of fused-ring (bicyclic) bond motifs is 1. The molecule has 2 aliphatic heterocycles. The van der Waals surface area contributed by atoms with Gasteiger partial charge in [0.25, 0.3) is 0 Å².